The van der Waals surface area contributed by atoms with Crippen LogP contribution >= 0.6 is 0 Å². The molecule has 0 unspecified atom stereocenters. The Morgan fingerprint density at radius 1 is 1.16 bits per heavy atom. The Labute approximate surface area is 181 Å². The van der Waals surface area contributed by atoms with Crippen LogP contribution in [0.5, 0.6) is 5.75 Å². The van der Waals surface area contributed by atoms with Crippen LogP contribution in [0.2, 0.25) is 0 Å². The first-order valence-electron chi connectivity index (χ1n) is 11.3. The molecular formula is C23H29N3O5. The van der Waals surface area contributed by atoms with Crippen molar-refractivity contribution < 1.29 is 23.9 Å². The van der Waals surface area contributed by atoms with Crippen molar-refractivity contribution in [3.8, 4) is 5.75 Å². The van der Waals surface area contributed by atoms with Crippen molar-refractivity contribution >= 4 is 17.9 Å². The number of nitrogens with one attached hydrogen (secondary N) is 1. The number of amides is 3. The van der Waals surface area contributed by atoms with Gasteiger partial charge in [0.25, 0.3) is 5.91 Å². The number of rotatable bonds is 2. The van der Waals surface area contributed by atoms with Gasteiger partial charge in [0.15, 0.2) is 5.72 Å². The van der Waals surface area contributed by atoms with Crippen LogP contribution in [0, 0.1) is 17.8 Å². The molecule has 3 saturated carbocycles. The number of nitrogens with zero attached hydrogens (tertiary/aromatic N) is 2. The third kappa shape index (κ3) is 3.42. The summed E-state index contributed by atoms with van der Waals surface area (Å²) in [5.41, 5.74) is -0.130. The zero-order chi connectivity index (χ0) is 21.6. The third-order valence-electron chi connectivity index (χ3n) is 7.40. The van der Waals surface area contributed by atoms with Crippen molar-refractivity contribution in [1.29, 1.82) is 0 Å². The van der Waals surface area contributed by atoms with Crippen LogP contribution in [0.15, 0.2) is 24.3 Å². The predicted octanol–water partition coefficient (Wildman–Crippen LogP) is 2.24. The van der Waals surface area contributed by atoms with Crippen LogP contribution in [0.4, 0.5) is 4.79 Å². The van der Waals surface area contributed by atoms with Gasteiger partial charge in [-0.15, -0.1) is 0 Å². The number of carbonyl (C=O) groups excluding carboxylic acids is 3. The Kier molecular flexibility index (Phi) is 5.02. The number of carbonyl (C=O) groups is 3. The first kappa shape index (κ1) is 20.2. The fraction of sp³-hybridized carbons (Fsp3) is 0.609. The van der Waals surface area contributed by atoms with Gasteiger partial charge < -0.3 is 24.6 Å². The number of para-hydroxylation sites is 1. The summed E-state index contributed by atoms with van der Waals surface area (Å²) in [6.07, 6.45) is 3.01. The number of hydrogen-bond acceptors (Lipinski definition) is 5. The first-order chi connectivity index (χ1) is 15.0. The normalized spacial score (nSPS) is 31.6. The van der Waals surface area contributed by atoms with Gasteiger partial charge in [0.2, 0.25) is 5.91 Å². The monoisotopic (exact) mass is 427 g/mol. The van der Waals surface area contributed by atoms with Gasteiger partial charge in [-0.05, 0) is 44.2 Å². The Morgan fingerprint density at radius 3 is 2.61 bits per heavy atom. The van der Waals surface area contributed by atoms with E-state index in [2.05, 4.69) is 5.32 Å². The third-order valence-corrected chi connectivity index (χ3v) is 7.40. The highest BCUT2D eigenvalue weighted by Crippen LogP contribution is 2.52. The lowest BCUT2D eigenvalue weighted by Gasteiger charge is -2.55. The van der Waals surface area contributed by atoms with Crippen LogP contribution < -0.4 is 10.1 Å². The second-order valence-corrected chi connectivity index (χ2v) is 9.03. The molecule has 8 heteroatoms. The Morgan fingerprint density at radius 2 is 1.90 bits per heavy atom. The van der Waals surface area contributed by atoms with Gasteiger partial charge in [0, 0.05) is 44.4 Å². The number of ether oxygens (including phenoxy) is 2. The lowest BCUT2D eigenvalue weighted by molar-refractivity contribution is -0.156. The number of piperazine rings is 1. The molecule has 0 radical (unpaired) electrons. The van der Waals surface area contributed by atoms with Crippen molar-refractivity contribution in [2.45, 2.75) is 38.3 Å². The lowest BCUT2D eigenvalue weighted by Crippen LogP contribution is -2.67. The molecule has 3 aliphatic carbocycles. The van der Waals surface area contributed by atoms with Crippen LogP contribution in [-0.2, 0) is 9.53 Å². The molecule has 166 valence electrons. The standard InChI is InChI=1S/C23H29N3O5/c1-2-30-22(29)26-11-9-25(10-12-26)21(28)18-13-16-8-7-15(18)14-23(16)24-20(27)17-5-3-4-6-19(17)31-23/h3-6,15-16,18H,2,7-14H2,1H3,(H,24,27)/t15-,16-,18+,23+/m1/s1. The maximum absolute atomic E-state index is 13.3. The summed E-state index contributed by atoms with van der Waals surface area (Å²) in [6.45, 7) is 4.23. The van der Waals surface area contributed by atoms with Crippen LogP contribution in [-0.4, -0.2) is 66.2 Å². The SMILES string of the molecule is CCOC(=O)N1CCN(C(=O)[C@H]2C[C@H]3CC[C@@H]2C[C@@]32NC(=O)c3ccccc3O2)CC1. The Hall–Kier alpha value is -2.77. The van der Waals surface area contributed by atoms with Crippen molar-refractivity contribution in [2.24, 2.45) is 17.8 Å². The molecule has 1 spiro atoms. The molecule has 31 heavy (non-hydrogen) atoms. The molecule has 4 atom stereocenters. The van der Waals surface area contributed by atoms with Crippen LogP contribution in [0.1, 0.15) is 43.0 Å². The largest absolute Gasteiger partial charge is 0.467 e. The van der Waals surface area contributed by atoms with Crippen molar-refractivity contribution in [1.82, 2.24) is 15.1 Å². The van der Waals surface area contributed by atoms with E-state index in [1.54, 1.807) is 17.9 Å². The second kappa shape index (κ2) is 7.73. The van der Waals surface area contributed by atoms with Crippen molar-refractivity contribution in [3.05, 3.63) is 29.8 Å². The van der Waals surface area contributed by atoms with E-state index in [4.69, 9.17) is 9.47 Å². The molecule has 1 N–H and O–H groups in total. The highest BCUT2D eigenvalue weighted by Gasteiger charge is 2.57. The molecule has 5 aliphatic rings. The molecule has 2 bridgehead atoms. The van der Waals surface area contributed by atoms with Gasteiger partial charge in [-0.25, -0.2) is 4.79 Å². The minimum atomic E-state index is -0.701. The minimum Gasteiger partial charge on any atom is -0.467 e. The summed E-state index contributed by atoms with van der Waals surface area (Å²) in [5.74, 6) is 0.978. The van der Waals surface area contributed by atoms with Crippen molar-refractivity contribution in [3.63, 3.8) is 0 Å². The molecule has 2 aliphatic heterocycles. The lowest BCUT2D eigenvalue weighted by atomic mass is 9.59. The summed E-state index contributed by atoms with van der Waals surface area (Å²) in [6, 6.07) is 7.35. The smallest absolute Gasteiger partial charge is 0.409 e. The quantitative estimate of drug-likeness (QED) is 0.782. The van der Waals surface area contributed by atoms with E-state index < -0.39 is 5.72 Å². The van der Waals surface area contributed by atoms with E-state index in [-0.39, 0.29) is 35.7 Å². The first-order valence-corrected chi connectivity index (χ1v) is 11.3. The molecular weight excluding hydrogens is 398 g/mol. The fourth-order valence-corrected chi connectivity index (χ4v) is 5.82. The summed E-state index contributed by atoms with van der Waals surface area (Å²) >= 11 is 0. The fourth-order valence-electron chi connectivity index (χ4n) is 5.82. The number of benzene rings is 1. The highest BCUT2D eigenvalue weighted by atomic mass is 16.6. The van der Waals surface area contributed by atoms with E-state index in [0.29, 0.717) is 50.5 Å². The van der Waals surface area contributed by atoms with Gasteiger partial charge >= 0.3 is 6.09 Å². The summed E-state index contributed by atoms with van der Waals surface area (Å²) < 4.78 is 11.5. The van der Waals surface area contributed by atoms with Crippen LogP contribution in [0.25, 0.3) is 0 Å². The molecule has 1 aromatic rings. The molecule has 1 aromatic carbocycles. The molecule has 8 nitrogen and oxygen atoms in total. The maximum atomic E-state index is 13.3. The molecule has 6 rings (SSSR count). The highest BCUT2D eigenvalue weighted by molar-refractivity contribution is 5.98. The van der Waals surface area contributed by atoms with E-state index in [1.165, 1.54) is 0 Å². The molecule has 1 saturated heterocycles. The maximum Gasteiger partial charge on any atom is 0.409 e. The van der Waals surface area contributed by atoms with Gasteiger partial charge in [-0.3, -0.25) is 9.59 Å². The molecule has 2 heterocycles. The average molecular weight is 428 g/mol. The summed E-state index contributed by atoms with van der Waals surface area (Å²) in [7, 11) is 0. The summed E-state index contributed by atoms with van der Waals surface area (Å²) in [4.78, 5) is 41.5. The molecule has 4 fully saturated rings. The average Bonchev–Trinajstić information content (AvgIpc) is 2.79. The van der Waals surface area contributed by atoms with Gasteiger partial charge in [0.1, 0.15) is 5.75 Å². The van der Waals surface area contributed by atoms with Gasteiger partial charge in [0.05, 0.1) is 12.2 Å². The van der Waals surface area contributed by atoms with Crippen molar-refractivity contribution in [2.75, 3.05) is 32.8 Å². The Balaban J connectivity index is 1.25. The van der Waals surface area contributed by atoms with Gasteiger partial charge in [-0.2, -0.15) is 0 Å². The zero-order valence-electron chi connectivity index (χ0n) is 17.8. The molecule has 3 amide bonds. The Bertz CT molecular complexity index is 897. The molecule has 0 aromatic heterocycles. The van der Waals surface area contributed by atoms with E-state index >= 15 is 0 Å². The second-order valence-electron chi connectivity index (χ2n) is 9.03. The van der Waals surface area contributed by atoms with E-state index in [9.17, 15) is 14.4 Å². The van der Waals surface area contributed by atoms with E-state index in [0.717, 1.165) is 19.3 Å². The predicted molar refractivity (Wildman–Crippen MR) is 111 cm³/mol. The topological polar surface area (TPSA) is 88.2 Å². The number of hydrogen-bond donors (Lipinski definition) is 1. The van der Waals surface area contributed by atoms with E-state index in [1.807, 2.05) is 23.1 Å². The summed E-state index contributed by atoms with van der Waals surface area (Å²) in [5, 5.41) is 3.14. The number of fused-ring (bicyclic) bond motifs is 3. The minimum absolute atomic E-state index is 0.0452. The van der Waals surface area contributed by atoms with Crippen LogP contribution in [0.3, 0.4) is 0 Å². The van der Waals surface area contributed by atoms with Gasteiger partial charge in [-0.1, -0.05) is 12.1 Å². The zero-order valence-corrected chi connectivity index (χ0v) is 17.8.